The number of thiazole rings is 1. The van der Waals surface area contributed by atoms with Crippen molar-refractivity contribution in [3.63, 3.8) is 0 Å². The van der Waals surface area contributed by atoms with Crippen molar-refractivity contribution in [2.24, 2.45) is 5.92 Å². The maximum Gasteiger partial charge on any atom is 0.328 e. The van der Waals surface area contributed by atoms with E-state index in [2.05, 4.69) is 22.2 Å². The highest BCUT2D eigenvalue weighted by Crippen LogP contribution is 2.11. The van der Waals surface area contributed by atoms with Gasteiger partial charge in [0.2, 0.25) is 0 Å². The molecular formula is C15H21N3O4S. The van der Waals surface area contributed by atoms with Crippen LogP contribution >= 0.6 is 11.3 Å². The fourth-order valence-electron chi connectivity index (χ4n) is 1.78. The van der Waals surface area contributed by atoms with E-state index >= 15 is 0 Å². The Balaban J connectivity index is 2.76. The normalized spacial score (nSPS) is 11.7. The van der Waals surface area contributed by atoms with Crippen LogP contribution in [0.5, 0.6) is 0 Å². The summed E-state index contributed by atoms with van der Waals surface area (Å²) < 4.78 is 4.69. The third-order valence-electron chi connectivity index (χ3n) is 2.84. The minimum Gasteiger partial charge on any atom is -0.467 e. The van der Waals surface area contributed by atoms with Crippen LogP contribution in [0.4, 0.5) is 0 Å². The molecule has 1 heterocycles. The molecule has 2 N–H and O–H groups in total. The lowest BCUT2D eigenvalue weighted by atomic mass is 10.0. The molecule has 0 bridgehead atoms. The standard InChI is InChI=1S/C15H21N3O4S/c1-5-6-16-13(20)14-18-11(8-23-14)12(19)17-10(7-9(2)3)15(21)22-4/h5,8-10H,1,6-7H2,2-4H3,(H,16,20)(H,17,19)/t10-/m1/s1. The van der Waals surface area contributed by atoms with E-state index < -0.39 is 17.9 Å². The molecule has 7 nitrogen and oxygen atoms in total. The average Bonchev–Trinajstić information content (AvgIpc) is 3.00. The van der Waals surface area contributed by atoms with Gasteiger partial charge in [0.25, 0.3) is 11.8 Å². The van der Waals surface area contributed by atoms with E-state index in [4.69, 9.17) is 4.74 Å². The topological polar surface area (TPSA) is 97.4 Å². The highest BCUT2D eigenvalue weighted by atomic mass is 32.1. The first-order valence-corrected chi connectivity index (χ1v) is 8.00. The molecule has 0 saturated carbocycles. The van der Waals surface area contributed by atoms with Crippen molar-refractivity contribution in [1.82, 2.24) is 15.6 Å². The van der Waals surface area contributed by atoms with E-state index in [0.717, 1.165) is 11.3 Å². The van der Waals surface area contributed by atoms with Crippen molar-refractivity contribution < 1.29 is 19.1 Å². The number of nitrogens with one attached hydrogen (secondary N) is 2. The maximum atomic E-state index is 12.2. The Kier molecular flexibility index (Phi) is 7.40. The lowest BCUT2D eigenvalue weighted by Crippen LogP contribution is -2.42. The van der Waals surface area contributed by atoms with Crippen molar-refractivity contribution in [3.05, 3.63) is 28.7 Å². The Bertz CT molecular complexity index is 583. The Labute approximate surface area is 139 Å². The fourth-order valence-corrected chi connectivity index (χ4v) is 2.50. The number of hydrogen-bond acceptors (Lipinski definition) is 6. The van der Waals surface area contributed by atoms with Gasteiger partial charge in [0.15, 0.2) is 5.01 Å². The summed E-state index contributed by atoms with van der Waals surface area (Å²) >= 11 is 1.06. The number of aromatic nitrogens is 1. The van der Waals surface area contributed by atoms with Crippen LogP contribution in [0.2, 0.25) is 0 Å². The molecule has 0 aromatic carbocycles. The summed E-state index contributed by atoms with van der Waals surface area (Å²) in [6, 6.07) is -0.743. The van der Waals surface area contributed by atoms with Crippen LogP contribution in [0, 0.1) is 5.92 Å². The van der Waals surface area contributed by atoms with Gasteiger partial charge in [-0.05, 0) is 12.3 Å². The number of carbonyl (C=O) groups excluding carboxylic acids is 3. The molecule has 0 aliphatic heterocycles. The summed E-state index contributed by atoms with van der Waals surface area (Å²) in [5.74, 6) is -1.19. The molecule has 1 aromatic heterocycles. The molecule has 126 valence electrons. The molecule has 23 heavy (non-hydrogen) atoms. The lowest BCUT2D eigenvalue weighted by molar-refractivity contribution is -0.143. The first-order chi connectivity index (χ1) is 10.9. The summed E-state index contributed by atoms with van der Waals surface area (Å²) in [4.78, 5) is 39.6. The molecule has 0 spiro atoms. The molecular weight excluding hydrogens is 318 g/mol. The van der Waals surface area contributed by atoms with Crippen molar-refractivity contribution >= 4 is 29.1 Å². The van der Waals surface area contributed by atoms with Crippen LogP contribution in [0.25, 0.3) is 0 Å². The van der Waals surface area contributed by atoms with Gasteiger partial charge >= 0.3 is 5.97 Å². The molecule has 0 aliphatic rings. The Morgan fingerprint density at radius 2 is 2.09 bits per heavy atom. The van der Waals surface area contributed by atoms with Gasteiger partial charge in [-0.2, -0.15) is 0 Å². The van der Waals surface area contributed by atoms with Gasteiger partial charge in [0.05, 0.1) is 7.11 Å². The van der Waals surface area contributed by atoms with E-state index in [1.165, 1.54) is 12.5 Å². The summed E-state index contributed by atoms with van der Waals surface area (Å²) in [6.45, 7) is 7.69. The molecule has 0 radical (unpaired) electrons. The number of esters is 1. The van der Waals surface area contributed by atoms with E-state index in [1.807, 2.05) is 13.8 Å². The summed E-state index contributed by atoms with van der Waals surface area (Å²) in [7, 11) is 1.27. The Hall–Kier alpha value is -2.22. The molecule has 0 aliphatic carbocycles. The molecule has 0 unspecified atom stereocenters. The minimum atomic E-state index is -0.743. The Morgan fingerprint density at radius 3 is 2.65 bits per heavy atom. The van der Waals surface area contributed by atoms with Crippen molar-refractivity contribution in [2.45, 2.75) is 26.3 Å². The van der Waals surface area contributed by atoms with Crippen LogP contribution in [0.15, 0.2) is 18.0 Å². The number of ether oxygens (including phenoxy) is 1. The predicted octanol–water partition coefficient (Wildman–Crippen LogP) is 1.38. The maximum absolute atomic E-state index is 12.2. The summed E-state index contributed by atoms with van der Waals surface area (Å²) in [6.07, 6.45) is 2.00. The van der Waals surface area contributed by atoms with E-state index in [-0.39, 0.29) is 22.5 Å². The number of rotatable bonds is 8. The van der Waals surface area contributed by atoms with Crippen LogP contribution in [0.3, 0.4) is 0 Å². The molecule has 8 heteroatoms. The highest BCUT2D eigenvalue weighted by molar-refractivity contribution is 7.11. The largest absolute Gasteiger partial charge is 0.467 e. The fraction of sp³-hybridized carbons (Fsp3) is 0.467. The molecule has 0 fully saturated rings. The SMILES string of the molecule is C=CCNC(=O)c1nc(C(=O)N[C@H](CC(C)C)C(=O)OC)cs1. The minimum absolute atomic E-state index is 0.0939. The summed E-state index contributed by atoms with van der Waals surface area (Å²) in [5.41, 5.74) is 0.0939. The quantitative estimate of drug-likeness (QED) is 0.551. The van der Waals surface area contributed by atoms with Gasteiger partial charge in [-0.15, -0.1) is 17.9 Å². The number of amides is 2. The first-order valence-electron chi connectivity index (χ1n) is 7.12. The zero-order chi connectivity index (χ0) is 17.4. The van der Waals surface area contributed by atoms with Crippen molar-refractivity contribution in [3.8, 4) is 0 Å². The zero-order valence-electron chi connectivity index (χ0n) is 13.4. The molecule has 1 aromatic rings. The van der Waals surface area contributed by atoms with Gasteiger partial charge in [-0.1, -0.05) is 19.9 Å². The first kappa shape index (κ1) is 18.8. The number of methoxy groups -OCH3 is 1. The lowest BCUT2D eigenvalue weighted by Gasteiger charge is -2.17. The second kappa shape index (κ2) is 9.04. The summed E-state index contributed by atoms with van der Waals surface area (Å²) in [5, 5.41) is 6.82. The van der Waals surface area contributed by atoms with Gasteiger partial charge in [-0.25, -0.2) is 9.78 Å². The van der Waals surface area contributed by atoms with Crippen molar-refractivity contribution in [2.75, 3.05) is 13.7 Å². The smallest absolute Gasteiger partial charge is 0.328 e. The van der Waals surface area contributed by atoms with Gasteiger partial charge in [0, 0.05) is 11.9 Å². The number of nitrogens with zero attached hydrogens (tertiary/aromatic N) is 1. The second-order valence-electron chi connectivity index (χ2n) is 5.22. The van der Waals surface area contributed by atoms with E-state index in [0.29, 0.717) is 13.0 Å². The molecule has 1 rings (SSSR count). The second-order valence-corrected chi connectivity index (χ2v) is 6.07. The average molecular weight is 339 g/mol. The van der Waals surface area contributed by atoms with E-state index in [9.17, 15) is 14.4 Å². The highest BCUT2D eigenvalue weighted by Gasteiger charge is 2.24. The monoisotopic (exact) mass is 339 g/mol. The Morgan fingerprint density at radius 1 is 1.39 bits per heavy atom. The van der Waals surface area contributed by atoms with Gasteiger partial charge < -0.3 is 15.4 Å². The van der Waals surface area contributed by atoms with Crippen molar-refractivity contribution in [1.29, 1.82) is 0 Å². The third-order valence-corrected chi connectivity index (χ3v) is 3.68. The molecule has 2 amide bonds. The van der Waals surface area contributed by atoms with Gasteiger partial charge in [-0.3, -0.25) is 9.59 Å². The zero-order valence-corrected chi connectivity index (χ0v) is 14.2. The van der Waals surface area contributed by atoms with E-state index in [1.54, 1.807) is 6.08 Å². The van der Waals surface area contributed by atoms with Crippen LogP contribution in [-0.2, 0) is 9.53 Å². The predicted molar refractivity (Wildman–Crippen MR) is 87.4 cm³/mol. The number of carbonyl (C=O) groups is 3. The van der Waals surface area contributed by atoms with Crippen LogP contribution < -0.4 is 10.6 Å². The van der Waals surface area contributed by atoms with Crippen LogP contribution in [-0.4, -0.2) is 42.5 Å². The molecule has 0 saturated heterocycles. The van der Waals surface area contributed by atoms with Gasteiger partial charge in [0.1, 0.15) is 11.7 Å². The number of hydrogen-bond donors (Lipinski definition) is 2. The third kappa shape index (κ3) is 5.82. The van der Waals surface area contributed by atoms with Crippen LogP contribution in [0.1, 0.15) is 40.6 Å². The molecule has 1 atom stereocenters.